The minimum absolute atomic E-state index is 0.904. The molecule has 0 bridgehead atoms. The zero-order chi connectivity index (χ0) is 15.2. The first kappa shape index (κ1) is 12.5. The third kappa shape index (κ3) is 1.80. The Hall–Kier alpha value is -3.06. The molecule has 23 heavy (non-hydrogen) atoms. The van der Waals surface area contributed by atoms with Gasteiger partial charge >= 0.3 is 0 Å². The summed E-state index contributed by atoms with van der Waals surface area (Å²) in [5.41, 5.74) is 5.08. The Morgan fingerprint density at radius 1 is 0.478 bits per heavy atom. The molecule has 0 saturated heterocycles. The van der Waals surface area contributed by atoms with Crippen molar-refractivity contribution >= 4 is 10.8 Å². The molecule has 0 amide bonds. The molecule has 1 aliphatic rings. The van der Waals surface area contributed by atoms with Gasteiger partial charge in [0.15, 0.2) is 0 Å². The number of ether oxygens (including phenoxy) is 1. The number of rotatable bonds is 2. The van der Waals surface area contributed by atoms with Crippen LogP contribution in [-0.2, 0) is 0 Å². The van der Waals surface area contributed by atoms with Gasteiger partial charge in [0.2, 0.25) is 0 Å². The van der Waals surface area contributed by atoms with Crippen LogP contribution in [0.4, 0.5) is 0 Å². The van der Waals surface area contributed by atoms with E-state index in [2.05, 4.69) is 66.7 Å². The average Bonchev–Trinajstić information content (AvgIpc) is 2.60. The van der Waals surface area contributed by atoms with Gasteiger partial charge in [0.25, 0.3) is 0 Å². The molecule has 1 nitrogen and oxygen atoms in total. The summed E-state index contributed by atoms with van der Waals surface area (Å²) in [6, 6.07) is 29.3. The van der Waals surface area contributed by atoms with Crippen LogP contribution in [0.2, 0.25) is 0 Å². The maximum Gasteiger partial charge on any atom is 0.135 e. The predicted molar refractivity (Wildman–Crippen MR) is 94.9 cm³/mol. The first-order valence-corrected chi connectivity index (χ1v) is 7.80. The summed E-state index contributed by atoms with van der Waals surface area (Å²) in [4.78, 5) is 0. The van der Waals surface area contributed by atoms with Gasteiger partial charge in [-0.25, -0.2) is 0 Å². The van der Waals surface area contributed by atoms with Crippen molar-refractivity contribution in [2.24, 2.45) is 0 Å². The van der Waals surface area contributed by atoms with Crippen molar-refractivity contribution < 1.29 is 4.74 Å². The lowest BCUT2D eigenvalue weighted by Gasteiger charge is -2.26. The van der Waals surface area contributed by atoms with E-state index in [1.54, 1.807) is 0 Å². The standard InChI is InChI=1S/C22H14O/c1-2-9-16-15(7-1)8-5-13-20(16)23-21-14-6-12-19-17-10-3-4-11-18(17)22(19)21/h1-14H. The van der Waals surface area contributed by atoms with Crippen molar-refractivity contribution in [2.45, 2.75) is 0 Å². The highest BCUT2D eigenvalue weighted by atomic mass is 16.5. The minimum atomic E-state index is 0.904. The van der Waals surface area contributed by atoms with Gasteiger partial charge in [-0.2, -0.15) is 0 Å². The van der Waals surface area contributed by atoms with Crippen molar-refractivity contribution in [3.63, 3.8) is 0 Å². The monoisotopic (exact) mass is 294 g/mol. The summed E-state index contributed by atoms with van der Waals surface area (Å²) in [5, 5.41) is 2.33. The van der Waals surface area contributed by atoms with E-state index >= 15 is 0 Å². The average molecular weight is 294 g/mol. The highest BCUT2D eigenvalue weighted by Crippen LogP contribution is 2.52. The number of hydrogen-bond donors (Lipinski definition) is 0. The Morgan fingerprint density at radius 2 is 1.13 bits per heavy atom. The molecule has 0 atom stereocenters. The normalized spacial score (nSPS) is 11.5. The quantitative estimate of drug-likeness (QED) is 0.372. The van der Waals surface area contributed by atoms with Crippen LogP contribution in [-0.4, -0.2) is 0 Å². The summed E-state index contributed by atoms with van der Waals surface area (Å²) >= 11 is 0. The highest BCUT2D eigenvalue weighted by Gasteiger charge is 2.25. The van der Waals surface area contributed by atoms with Gasteiger partial charge in [-0.15, -0.1) is 0 Å². The van der Waals surface area contributed by atoms with E-state index < -0.39 is 0 Å². The van der Waals surface area contributed by atoms with Crippen molar-refractivity contribution in [3.8, 4) is 33.8 Å². The topological polar surface area (TPSA) is 9.23 Å². The van der Waals surface area contributed by atoms with Crippen molar-refractivity contribution in [1.29, 1.82) is 0 Å². The fourth-order valence-corrected chi connectivity index (χ4v) is 3.40. The second-order valence-corrected chi connectivity index (χ2v) is 5.80. The molecular weight excluding hydrogens is 280 g/mol. The molecule has 0 fully saturated rings. The Kier molecular flexibility index (Phi) is 2.56. The van der Waals surface area contributed by atoms with Crippen molar-refractivity contribution in [1.82, 2.24) is 0 Å². The van der Waals surface area contributed by atoms with Gasteiger partial charge in [-0.05, 0) is 34.2 Å². The Bertz CT molecular complexity index is 1040. The lowest BCUT2D eigenvalue weighted by Crippen LogP contribution is -2.00. The molecule has 5 rings (SSSR count). The van der Waals surface area contributed by atoms with E-state index in [1.807, 2.05) is 18.2 Å². The third-order valence-corrected chi connectivity index (χ3v) is 4.48. The van der Waals surface area contributed by atoms with Crippen LogP contribution in [0, 0.1) is 0 Å². The van der Waals surface area contributed by atoms with Gasteiger partial charge in [-0.1, -0.05) is 72.8 Å². The molecule has 0 N–H and O–H groups in total. The Labute approximate surface area is 134 Å². The second kappa shape index (κ2) is 4.72. The van der Waals surface area contributed by atoms with E-state index in [0.29, 0.717) is 0 Å². The Balaban J connectivity index is 1.64. The van der Waals surface area contributed by atoms with Crippen LogP contribution in [0.5, 0.6) is 11.5 Å². The molecule has 4 aromatic rings. The van der Waals surface area contributed by atoms with E-state index in [0.717, 1.165) is 16.9 Å². The number of hydrogen-bond acceptors (Lipinski definition) is 1. The van der Waals surface area contributed by atoms with Crippen LogP contribution >= 0.6 is 0 Å². The zero-order valence-electron chi connectivity index (χ0n) is 12.5. The first-order chi connectivity index (χ1) is 11.4. The van der Waals surface area contributed by atoms with Crippen molar-refractivity contribution in [2.75, 3.05) is 0 Å². The minimum Gasteiger partial charge on any atom is -0.456 e. The van der Waals surface area contributed by atoms with Crippen LogP contribution < -0.4 is 4.74 Å². The maximum absolute atomic E-state index is 6.31. The molecule has 0 radical (unpaired) electrons. The summed E-state index contributed by atoms with van der Waals surface area (Å²) in [5.74, 6) is 1.83. The van der Waals surface area contributed by atoms with Crippen LogP contribution in [0.25, 0.3) is 33.0 Å². The summed E-state index contributed by atoms with van der Waals surface area (Å²) in [6.07, 6.45) is 0. The van der Waals surface area contributed by atoms with Gasteiger partial charge in [0.05, 0.1) is 0 Å². The fraction of sp³-hybridized carbons (Fsp3) is 0. The molecule has 0 saturated carbocycles. The fourth-order valence-electron chi connectivity index (χ4n) is 3.40. The lowest BCUT2D eigenvalue weighted by molar-refractivity contribution is 0.490. The third-order valence-electron chi connectivity index (χ3n) is 4.48. The Morgan fingerprint density at radius 3 is 2.09 bits per heavy atom. The van der Waals surface area contributed by atoms with Gasteiger partial charge < -0.3 is 4.74 Å². The molecule has 1 heteroatoms. The smallest absolute Gasteiger partial charge is 0.135 e. The van der Waals surface area contributed by atoms with Crippen LogP contribution in [0.15, 0.2) is 84.9 Å². The molecule has 4 aromatic carbocycles. The zero-order valence-corrected chi connectivity index (χ0v) is 12.5. The number of fused-ring (bicyclic) bond motifs is 5. The molecule has 108 valence electrons. The van der Waals surface area contributed by atoms with Gasteiger partial charge in [-0.3, -0.25) is 0 Å². The van der Waals surface area contributed by atoms with E-state index in [4.69, 9.17) is 4.74 Å². The summed E-state index contributed by atoms with van der Waals surface area (Å²) in [7, 11) is 0. The molecule has 1 aliphatic carbocycles. The van der Waals surface area contributed by atoms with Crippen molar-refractivity contribution in [3.05, 3.63) is 84.9 Å². The molecule has 0 aromatic heterocycles. The SMILES string of the molecule is c1ccc2c(c1)-c1cccc(Oc3cccc4ccccc34)c1-2. The van der Waals surface area contributed by atoms with Crippen LogP contribution in [0.1, 0.15) is 0 Å². The van der Waals surface area contributed by atoms with E-state index in [-0.39, 0.29) is 0 Å². The molecule has 0 unspecified atom stereocenters. The first-order valence-electron chi connectivity index (χ1n) is 7.80. The highest BCUT2D eigenvalue weighted by molar-refractivity contribution is 6.05. The van der Waals surface area contributed by atoms with Gasteiger partial charge in [0, 0.05) is 10.9 Å². The predicted octanol–water partition coefficient (Wildman–Crippen LogP) is 6.28. The summed E-state index contributed by atoms with van der Waals surface area (Å²) < 4.78 is 6.31. The van der Waals surface area contributed by atoms with E-state index in [1.165, 1.54) is 27.6 Å². The largest absolute Gasteiger partial charge is 0.456 e. The molecule has 0 aliphatic heterocycles. The molecule has 0 heterocycles. The van der Waals surface area contributed by atoms with E-state index in [9.17, 15) is 0 Å². The van der Waals surface area contributed by atoms with Gasteiger partial charge in [0.1, 0.15) is 11.5 Å². The molecule has 0 spiro atoms. The maximum atomic E-state index is 6.31. The second-order valence-electron chi connectivity index (χ2n) is 5.80. The van der Waals surface area contributed by atoms with Crippen LogP contribution in [0.3, 0.4) is 0 Å². The number of benzene rings is 4. The summed E-state index contributed by atoms with van der Waals surface area (Å²) in [6.45, 7) is 0. The molecular formula is C22H14O. The lowest BCUT2D eigenvalue weighted by atomic mass is 9.80.